The van der Waals surface area contributed by atoms with E-state index in [1.807, 2.05) is 11.4 Å². The number of hydrogen-bond donors (Lipinski definition) is 1. The number of aromatic nitrogens is 2. The zero-order valence-electron chi connectivity index (χ0n) is 11.0. The standard InChI is InChI=1S/C13H17N3O2S/c1-3-9(4-2)16-11(17)7-18-12-10-5-6-19-13(10)15-8-14-12/h5-6,8-9H,3-4,7H2,1-2H3,(H,16,17). The van der Waals surface area contributed by atoms with Gasteiger partial charge in [0.1, 0.15) is 11.2 Å². The Morgan fingerprint density at radius 1 is 1.42 bits per heavy atom. The summed E-state index contributed by atoms with van der Waals surface area (Å²) in [5, 5.41) is 5.70. The Balaban J connectivity index is 1.95. The maximum absolute atomic E-state index is 11.7. The number of ether oxygens (including phenoxy) is 1. The summed E-state index contributed by atoms with van der Waals surface area (Å²) in [4.78, 5) is 20.8. The molecule has 19 heavy (non-hydrogen) atoms. The summed E-state index contributed by atoms with van der Waals surface area (Å²) >= 11 is 1.52. The molecule has 1 N–H and O–H groups in total. The molecule has 6 heteroatoms. The Hall–Kier alpha value is -1.69. The predicted molar refractivity (Wildman–Crippen MR) is 75.4 cm³/mol. The summed E-state index contributed by atoms with van der Waals surface area (Å²) in [6.07, 6.45) is 3.29. The van der Waals surface area contributed by atoms with Crippen LogP contribution in [0.5, 0.6) is 5.88 Å². The van der Waals surface area contributed by atoms with Crippen LogP contribution in [0.15, 0.2) is 17.8 Å². The second kappa shape index (κ2) is 6.47. The fraction of sp³-hybridized carbons (Fsp3) is 0.462. The molecule has 1 amide bonds. The van der Waals surface area contributed by atoms with E-state index in [9.17, 15) is 4.79 Å². The molecule has 0 aliphatic heterocycles. The molecule has 0 unspecified atom stereocenters. The van der Waals surface area contributed by atoms with Gasteiger partial charge >= 0.3 is 0 Å². The molecular weight excluding hydrogens is 262 g/mol. The molecule has 0 radical (unpaired) electrons. The van der Waals surface area contributed by atoms with E-state index < -0.39 is 0 Å². The van der Waals surface area contributed by atoms with Crippen LogP contribution >= 0.6 is 11.3 Å². The van der Waals surface area contributed by atoms with Crippen molar-refractivity contribution < 1.29 is 9.53 Å². The first-order valence-corrected chi connectivity index (χ1v) is 7.22. The third-order valence-electron chi connectivity index (χ3n) is 2.92. The third kappa shape index (κ3) is 3.41. The van der Waals surface area contributed by atoms with Crippen LogP contribution in [-0.4, -0.2) is 28.5 Å². The summed E-state index contributed by atoms with van der Waals surface area (Å²) in [7, 11) is 0. The van der Waals surface area contributed by atoms with Gasteiger partial charge in [0.25, 0.3) is 5.91 Å². The highest BCUT2D eigenvalue weighted by atomic mass is 32.1. The highest BCUT2D eigenvalue weighted by molar-refractivity contribution is 7.16. The molecule has 0 spiro atoms. The summed E-state index contributed by atoms with van der Waals surface area (Å²) in [5.74, 6) is 0.349. The molecule has 0 fully saturated rings. The van der Waals surface area contributed by atoms with E-state index in [4.69, 9.17) is 4.74 Å². The number of nitrogens with one attached hydrogen (secondary N) is 1. The van der Waals surface area contributed by atoms with E-state index in [0.717, 1.165) is 23.1 Å². The van der Waals surface area contributed by atoms with Crippen LogP contribution in [0.25, 0.3) is 10.2 Å². The molecular formula is C13H17N3O2S. The van der Waals surface area contributed by atoms with Crippen LogP contribution in [0, 0.1) is 0 Å². The second-order valence-electron chi connectivity index (χ2n) is 4.19. The normalized spacial score (nSPS) is 10.9. The SMILES string of the molecule is CCC(CC)NC(=O)COc1ncnc2sccc12. The van der Waals surface area contributed by atoms with Gasteiger partial charge in [-0.3, -0.25) is 4.79 Å². The molecule has 0 saturated carbocycles. The molecule has 0 saturated heterocycles. The Morgan fingerprint density at radius 3 is 2.95 bits per heavy atom. The summed E-state index contributed by atoms with van der Waals surface area (Å²) in [6.45, 7) is 4.09. The lowest BCUT2D eigenvalue weighted by Gasteiger charge is -2.14. The minimum absolute atomic E-state index is 0.0154. The maximum Gasteiger partial charge on any atom is 0.258 e. The first-order chi connectivity index (χ1) is 9.24. The fourth-order valence-corrected chi connectivity index (χ4v) is 2.50. The Bertz CT molecular complexity index is 552. The molecule has 0 aliphatic carbocycles. The van der Waals surface area contributed by atoms with Crippen molar-refractivity contribution in [3.8, 4) is 5.88 Å². The van der Waals surface area contributed by atoms with Gasteiger partial charge < -0.3 is 10.1 Å². The van der Waals surface area contributed by atoms with Crippen LogP contribution < -0.4 is 10.1 Å². The Labute approximate surface area is 116 Å². The van der Waals surface area contributed by atoms with Gasteiger partial charge in [-0.1, -0.05) is 13.8 Å². The first kappa shape index (κ1) is 13.7. The molecule has 5 nitrogen and oxygen atoms in total. The average Bonchev–Trinajstić information content (AvgIpc) is 2.91. The average molecular weight is 279 g/mol. The van der Waals surface area contributed by atoms with Crippen LogP contribution in [-0.2, 0) is 4.79 Å². The van der Waals surface area contributed by atoms with Crippen LogP contribution in [0.1, 0.15) is 26.7 Å². The number of carbonyl (C=O) groups excluding carboxylic acids is 1. The predicted octanol–water partition coefficient (Wildman–Crippen LogP) is 2.37. The number of rotatable bonds is 6. The van der Waals surface area contributed by atoms with Crippen molar-refractivity contribution in [2.24, 2.45) is 0 Å². The number of amides is 1. The molecule has 2 rings (SSSR count). The zero-order chi connectivity index (χ0) is 13.7. The highest BCUT2D eigenvalue weighted by Gasteiger charge is 2.11. The summed E-state index contributed by atoms with van der Waals surface area (Å²) in [6, 6.07) is 2.11. The van der Waals surface area contributed by atoms with Gasteiger partial charge in [0.15, 0.2) is 6.61 Å². The van der Waals surface area contributed by atoms with Gasteiger partial charge in [-0.15, -0.1) is 11.3 Å². The number of carbonyl (C=O) groups is 1. The number of hydrogen-bond acceptors (Lipinski definition) is 5. The van der Waals surface area contributed by atoms with E-state index in [0.29, 0.717) is 5.88 Å². The second-order valence-corrected chi connectivity index (χ2v) is 5.08. The molecule has 0 atom stereocenters. The van der Waals surface area contributed by atoms with Crippen molar-refractivity contribution in [1.29, 1.82) is 0 Å². The molecule has 0 aliphatic rings. The van der Waals surface area contributed by atoms with Crippen molar-refractivity contribution >= 4 is 27.5 Å². The van der Waals surface area contributed by atoms with Crippen molar-refractivity contribution in [2.45, 2.75) is 32.7 Å². The fourth-order valence-electron chi connectivity index (χ4n) is 1.78. The van der Waals surface area contributed by atoms with Crippen molar-refractivity contribution in [3.63, 3.8) is 0 Å². The van der Waals surface area contributed by atoms with Gasteiger partial charge in [0.05, 0.1) is 5.39 Å². The lowest BCUT2D eigenvalue weighted by molar-refractivity contribution is -0.123. The van der Waals surface area contributed by atoms with Gasteiger partial charge in [-0.25, -0.2) is 9.97 Å². The molecule has 2 aromatic rings. The van der Waals surface area contributed by atoms with Crippen LogP contribution in [0.3, 0.4) is 0 Å². The minimum Gasteiger partial charge on any atom is -0.467 e. The van der Waals surface area contributed by atoms with Crippen LogP contribution in [0.4, 0.5) is 0 Å². The van der Waals surface area contributed by atoms with Crippen molar-refractivity contribution in [1.82, 2.24) is 15.3 Å². The number of thiophene rings is 1. The number of fused-ring (bicyclic) bond motifs is 1. The maximum atomic E-state index is 11.7. The smallest absolute Gasteiger partial charge is 0.258 e. The van der Waals surface area contributed by atoms with E-state index in [1.54, 1.807) is 0 Å². The number of nitrogens with zero attached hydrogens (tertiary/aromatic N) is 2. The molecule has 102 valence electrons. The molecule has 2 heterocycles. The van der Waals surface area contributed by atoms with Gasteiger partial charge in [-0.05, 0) is 24.3 Å². The van der Waals surface area contributed by atoms with Gasteiger partial charge in [-0.2, -0.15) is 0 Å². The minimum atomic E-state index is -0.115. The largest absolute Gasteiger partial charge is 0.467 e. The lowest BCUT2D eigenvalue weighted by atomic mass is 10.2. The quantitative estimate of drug-likeness (QED) is 0.881. The molecule has 0 aromatic carbocycles. The van der Waals surface area contributed by atoms with Crippen molar-refractivity contribution in [3.05, 3.63) is 17.8 Å². The summed E-state index contributed by atoms with van der Waals surface area (Å²) in [5.41, 5.74) is 0. The lowest BCUT2D eigenvalue weighted by Crippen LogP contribution is -2.37. The highest BCUT2D eigenvalue weighted by Crippen LogP contribution is 2.25. The van der Waals surface area contributed by atoms with E-state index in [2.05, 4.69) is 29.1 Å². The summed E-state index contributed by atoms with van der Waals surface area (Å²) < 4.78 is 5.47. The molecule has 2 aromatic heterocycles. The Kier molecular flexibility index (Phi) is 4.68. The van der Waals surface area contributed by atoms with E-state index in [1.165, 1.54) is 17.7 Å². The monoisotopic (exact) mass is 279 g/mol. The topological polar surface area (TPSA) is 64.1 Å². The van der Waals surface area contributed by atoms with E-state index >= 15 is 0 Å². The van der Waals surface area contributed by atoms with Gasteiger partial charge in [0.2, 0.25) is 5.88 Å². The van der Waals surface area contributed by atoms with Crippen LogP contribution in [0.2, 0.25) is 0 Å². The van der Waals surface area contributed by atoms with E-state index in [-0.39, 0.29) is 18.6 Å². The zero-order valence-corrected chi connectivity index (χ0v) is 11.9. The van der Waals surface area contributed by atoms with Gasteiger partial charge in [0, 0.05) is 6.04 Å². The first-order valence-electron chi connectivity index (χ1n) is 6.35. The van der Waals surface area contributed by atoms with Crippen molar-refractivity contribution in [2.75, 3.05) is 6.61 Å². The Morgan fingerprint density at radius 2 is 2.21 bits per heavy atom. The molecule has 0 bridgehead atoms. The third-order valence-corrected chi connectivity index (χ3v) is 3.74.